The van der Waals surface area contributed by atoms with E-state index in [0.717, 1.165) is 17.8 Å². The number of methoxy groups -OCH3 is 1. The number of anilines is 1. The number of hydrogen-bond acceptors (Lipinski definition) is 4. The van der Waals surface area contributed by atoms with Crippen LogP contribution in [-0.2, 0) is 4.74 Å². The zero-order valence-corrected chi connectivity index (χ0v) is 9.76. The van der Waals surface area contributed by atoms with Crippen molar-refractivity contribution in [2.24, 2.45) is 0 Å². The predicted molar refractivity (Wildman–Crippen MR) is 65.7 cm³/mol. The number of pyridine rings is 1. The van der Waals surface area contributed by atoms with Crippen molar-refractivity contribution in [2.75, 3.05) is 19.0 Å². The lowest BCUT2D eigenvalue weighted by Crippen LogP contribution is -2.13. The monoisotopic (exact) mass is 232 g/mol. The molecule has 0 fully saturated rings. The zero-order chi connectivity index (χ0) is 11.9. The number of ether oxygens (including phenoxy) is 1. The molecule has 0 aromatic carbocycles. The van der Waals surface area contributed by atoms with Gasteiger partial charge in [0.1, 0.15) is 5.82 Å². The highest BCUT2D eigenvalue weighted by molar-refractivity contribution is 5.36. The van der Waals surface area contributed by atoms with Crippen molar-refractivity contribution in [2.45, 2.75) is 12.5 Å². The Morgan fingerprint density at radius 2 is 2.41 bits per heavy atom. The van der Waals surface area contributed by atoms with Crippen LogP contribution in [-0.4, -0.2) is 28.9 Å². The van der Waals surface area contributed by atoms with Gasteiger partial charge in [-0.25, -0.2) is 4.98 Å². The van der Waals surface area contributed by atoms with Crippen molar-refractivity contribution in [3.63, 3.8) is 0 Å². The van der Waals surface area contributed by atoms with Crippen LogP contribution in [0.1, 0.15) is 18.0 Å². The average molecular weight is 232 g/mol. The minimum Gasteiger partial charge on any atom is -0.385 e. The van der Waals surface area contributed by atoms with Gasteiger partial charge in [0, 0.05) is 31.7 Å². The summed E-state index contributed by atoms with van der Waals surface area (Å²) in [6, 6.07) is 5.95. The van der Waals surface area contributed by atoms with E-state index >= 15 is 0 Å². The third-order valence-electron chi connectivity index (χ3n) is 2.52. The molecule has 2 N–H and O–H groups in total. The van der Waals surface area contributed by atoms with Gasteiger partial charge in [0.15, 0.2) is 0 Å². The summed E-state index contributed by atoms with van der Waals surface area (Å²) in [4.78, 5) is 4.25. The Kier molecular flexibility index (Phi) is 4.10. The van der Waals surface area contributed by atoms with Gasteiger partial charge in [0.25, 0.3) is 0 Å². The number of nitrogens with zero attached hydrogens (tertiary/aromatic N) is 2. The van der Waals surface area contributed by atoms with E-state index in [1.807, 2.05) is 30.6 Å². The zero-order valence-electron chi connectivity index (χ0n) is 9.76. The molecule has 0 amide bonds. The highest BCUT2D eigenvalue weighted by Crippen LogP contribution is 2.20. The quantitative estimate of drug-likeness (QED) is 0.799. The lowest BCUT2D eigenvalue weighted by atomic mass is 10.1. The van der Waals surface area contributed by atoms with E-state index in [1.54, 1.807) is 13.3 Å². The largest absolute Gasteiger partial charge is 0.385 e. The lowest BCUT2D eigenvalue weighted by Gasteiger charge is -2.17. The summed E-state index contributed by atoms with van der Waals surface area (Å²) in [6.07, 6.45) is 6.34. The maximum atomic E-state index is 5.12. The Morgan fingerprint density at radius 3 is 3.06 bits per heavy atom. The standard InChI is InChI=1S/C12H16N4O/c1-17-7-5-11(10-8-14-15-9-10)16-12-4-2-3-6-13-12/h2-4,6,8-9,11H,5,7H2,1H3,(H,13,16)(H,14,15). The van der Waals surface area contributed by atoms with Gasteiger partial charge in [-0.15, -0.1) is 0 Å². The van der Waals surface area contributed by atoms with Crippen molar-refractivity contribution < 1.29 is 4.74 Å². The molecule has 2 aromatic heterocycles. The van der Waals surface area contributed by atoms with Crippen LogP contribution in [0.25, 0.3) is 0 Å². The molecule has 17 heavy (non-hydrogen) atoms. The Hall–Kier alpha value is -1.88. The SMILES string of the molecule is COCCC(Nc1ccccn1)c1cn[nH]c1. The van der Waals surface area contributed by atoms with E-state index in [1.165, 1.54) is 0 Å². The normalized spacial score (nSPS) is 12.3. The molecule has 0 saturated heterocycles. The van der Waals surface area contributed by atoms with Gasteiger partial charge in [-0.05, 0) is 18.6 Å². The average Bonchev–Trinajstić information content (AvgIpc) is 2.89. The fraction of sp³-hybridized carbons (Fsp3) is 0.333. The molecule has 90 valence electrons. The van der Waals surface area contributed by atoms with E-state index in [0.29, 0.717) is 6.61 Å². The van der Waals surface area contributed by atoms with Crippen LogP contribution in [0.15, 0.2) is 36.8 Å². The Bertz CT molecular complexity index is 415. The minimum atomic E-state index is 0.156. The van der Waals surface area contributed by atoms with Gasteiger partial charge in [0.2, 0.25) is 0 Å². The van der Waals surface area contributed by atoms with Crippen molar-refractivity contribution >= 4 is 5.82 Å². The Labute approximate surface area is 100 Å². The molecular formula is C12H16N4O. The minimum absolute atomic E-state index is 0.156. The van der Waals surface area contributed by atoms with E-state index in [9.17, 15) is 0 Å². The van der Waals surface area contributed by atoms with E-state index in [4.69, 9.17) is 4.74 Å². The van der Waals surface area contributed by atoms with E-state index in [2.05, 4.69) is 20.5 Å². The van der Waals surface area contributed by atoms with E-state index in [-0.39, 0.29) is 6.04 Å². The second-order valence-electron chi connectivity index (χ2n) is 3.73. The van der Waals surface area contributed by atoms with Crippen LogP contribution >= 0.6 is 0 Å². The van der Waals surface area contributed by atoms with Gasteiger partial charge in [-0.1, -0.05) is 6.07 Å². The molecule has 2 heterocycles. The van der Waals surface area contributed by atoms with Crippen molar-refractivity contribution in [1.82, 2.24) is 15.2 Å². The molecule has 0 aliphatic heterocycles. The number of nitrogens with one attached hydrogen (secondary N) is 2. The second kappa shape index (κ2) is 6.00. The van der Waals surface area contributed by atoms with E-state index < -0.39 is 0 Å². The van der Waals surface area contributed by atoms with Crippen LogP contribution in [0, 0.1) is 0 Å². The number of rotatable bonds is 6. The molecule has 0 aliphatic rings. The molecule has 0 aliphatic carbocycles. The fourth-order valence-electron chi connectivity index (χ4n) is 1.64. The van der Waals surface area contributed by atoms with Gasteiger partial charge in [0.05, 0.1) is 12.2 Å². The molecule has 0 radical (unpaired) electrons. The molecule has 2 aromatic rings. The van der Waals surface area contributed by atoms with Crippen LogP contribution < -0.4 is 5.32 Å². The molecule has 0 saturated carbocycles. The molecule has 1 atom stereocenters. The molecular weight excluding hydrogens is 216 g/mol. The van der Waals surface area contributed by atoms with Crippen molar-refractivity contribution in [3.8, 4) is 0 Å². The summed E-state index contributed by atoms with van der Waals surface area (Å²) in [5.74, 6) is 0.856. The predicted octanol–water partition coefficient (Wildman–Crippen LogP) is 1.99. The number of aromatic amines is 1. The lowest BCUT2D eigenvalue weighted by molar-refractivity contribution is 0.190. The first-order valence-corrected chi connectivity index (χ1v) is 5.55. The first kappa shape index (κ1) is 11.6. The molecule has 0 bridgehead atoms. The molecule has 2 rings (SSSR count). The topological polar surface area (TPSA) is 62.8 Å². The van der Waals surface area contributed by atoms with Crippen molar-refractivity contribution in [1.29, 1.82) is 0 Å². The number of aromatic nitrogens is 3. The van der Waals surface area contributed by atoms with Gasteiger partial charge in [-0.2, -0.15) is 5.10 Å². The molecule has 1 unspecified atom stereocenters. The number of H-pyrrole nitrogens is 1. The maximum Gasteiger partial charge on any atom is 0.126 e. The first-order valence-electron chi connectivity index (χ1n) is 5.55. The first-order chi connectivity index (χ1) is 8.40. The molecule has 0 spiro atoms. The third-order valence-corrected chi connectivity index (χ3v) is 2.52. The number of hydrogen-bond donors (Lipinski definition) is 2. The highest BCUT2D eigenvalue weighted by atomic mass is 16.5. The molecule has 5 nitrogen and oxygen atoms in total. The third kappa shape index (κ3) is 3.29. The van der Waals surface area contributed by atoms with Gasteiger partial charge >= 0.3 is 0 Å². The summed E-state index contributed by atoms with van der Waals surface area (Å²) in [5, 5.41) is 10.2. The summed E-state index contributed by atoms with van der Waals surface area (Å²) < 4.78 is 5.12. The summed E-state index contributed by atoms with van der Waals surface area (Å²) >= 11 is 0. The highest BCUT2D eigenvalue weighted by Gasteiger charge is 2.12. The van der Waals surface area contributed by atoms with Crippen LogP contribution in [0.4, 0.5) is 5.82 Å². The van der Waals surface area contributed by atoms with Crippen LogP contribution in [0.3, 0.4) is 0 Å². The summed E-state index contributed by atoms with van der Waals surface area (Å²) in [6.45, 7) is 0.690. The Morgan fingerprint density at radius 1 is 1.47 bits per heavy atom. The van der Waals surface area contributed by atoms with Crippen LogP contribution in [0.5, 0.6) is 0 Å². The Balaban J connectivity index is 2.06. The molecule has 5 heteroatoms. The fourth-order valence-corrected chi connectivity index (χ4v) is 1.64. The summed E-state index contributed by atoms with van der Waals surface area (Å²) in [5.41, 5.74) is 1.10. The van der Waals surface area contributed by atoms with Crippen LogP contribution in [0.2, 0.25) is 0 Å². The van der Waals surface area contributed by atoms with Gasteiger partial charge in [-0.3, -0.25) is 5.10 Å². The summed E-state index contributed by atoms with van der Waals surface area (Å²) in [7, 11) is 1.70. The van der Waals surface area contributed by atoms with Gasteiger partial charge < -0.3 is 10.1 Å². The maximum absolute atomic E-state index is 5.12. The smallest absolute Gasteiger partial charge is 0.126 e. The van der Waals surface area contributed by atoms with Crippen molar-refractivity contribution in [3.05, 3.63) is 42.4 Å². The second-order valence-corrected chi connectivity index (χ2v) is 3.73.